The Bertz CT molecular complexity index is 794. The van der Waals surface area contributed by atoms with Crippen molar-refractivity contribution in [1.82, 2.24) is 10.4 Å². The van der Waals surface area contributed by atoms with E-state index in [2.05, 4.69) is 0 Å². The normalized spacial score (nSPS) is 15.4. The summed E-state index contributed by atoms with van der Waals surface area (Å²) in [5, 5.41) is 23.5. The second kappa shape index (κ2) is 12.6. The smallest absolute Gasteiger partial charge is 0.315 e. The van der Waals surface area contributed by atoms with Gasteiger partial charge in [0.15, 0.2) is 0 Å². The third-order valence-corrected chi connectivity index (χ3v) is 4.93. The summed E-state index contributed by atoms with van der Waals surface area (Å²) in [6.07, 6.45) is -4.49. The minimum Gasteiger partial charge on any atom is -0.389 e. The zero-order valence-corrected chi connectivity index (χ0v) is 18.1. The van der Waals surface area contributed by atoms with E-state index < -0.39 is 44.0 Å². The standard InChI is InChI=1S/C20H28F4N4O5/c1-13-9-14(27(32)12-15(29)11-25-20(31)19(23)24)10-16(22)18(13)26-5-6-28(33-8-7-26)17(30)3-2-4-21/h9-10,15,19,29,32H,2-8,11-12H2,1H3,(H,25,31)/t15-/m0/s1. The number of halogens is 4. The summed E-state index contributed by atoms with van der Waals surface area (Å²) in [4.78, 5) is 30.0. The van der Waals surface area contributed by atoms with E-state index in [1.54, 1.807) is 11.8 Å². The number of carbonyl (C=O) groups is 2. The number of aliphatic hydroxyl groups excluding tert-OH is 1. The fraction of sp³-hybridized carbons (Fsp3) is 0.600. The van der Waals surface area contributed by atoms with Gasteiger partial charge in [0.2, 0.25) is 5.91 Å². The van der Waals surface area contributed by atoms with Crippen LogP contribution in [0.4, 0.5) is 28.9 Å². The highest BCUT2D eigenvalue weighted by Gasteiger charge is 2.24. The predicted octanol–water partition coefficient (Wildman–Crippen LogP) is 1.40. The maximum Gasteiger partial charge on any atom is 0.315 e. The van der Waals surface area contributed by atoms with E-state index in [1.165, 1.54) is 6.07 Å². The Morgan fingerprint density at radius 2 is 2.00 bits per heavy atom. The van der Waals surface area contributed by atoms with Crippen LogP contribution in [0.3, 0.4) is 0 Å². The number of hydrogen-bond donors (Lipinski definition) is 3. The van der Waals surface area contributed by atoms with E-state index in [9.17, 15) is 37.5 Å². The van der Waals surface area contributed by atoms with Crippen LogP contribution in [0.2, 0.25) is 0 Å². The minimum atomic E-state index is -3.23. The Morgan fingerprint density at radius 1 is 1.27 bits per heavy atom. The number of rotatable bonds is 10. The summed E-state index contributed by atoms with van der Waals surface area (Å²) in [5.41, 5.74) is 0.724. The van der Waals surface area contributed by atoms with Gasteiger partial charge >= 0.3 is 6.43 Å². The van der Waals surface area contributed by atoms with Gasteiger partial charge in [-0.1, -0.05) is 0 Å². The maximum absolute atomic E-state index is 14.9. The zero-order valence-electron chi connectivity index (χ0n) is 18.1. The number of alkyl halides is 3. The van der Waals surface area contributed by atoms with Crippen molar-refractivity contribution in [3.8, 4) is 0 Å². The predicted molar refractivity (Wildman–Crippen MR) is 110 cm³/mol. The molecule has 0 unspecified atom stereocenters. The highest BCUT2D eigenvalue weighted by atomic mass is 19.3. The molecule has 13 heteroatoms. The third kappa shape index (κ3) is 7.72. The average Bonchev–Trinajstić information content (AvgIpc) is 3.01. The van der Waals surface area contributed by atoms with Crippen LogP contribution in [0.25, 0.3) is 0 Å². The number of carbonyl (C=O) groups excluding carboxylic acids is 2. The lowest BCUT2D eigenvalue weighted by Gasteiger charge is -2.27. The van der Waals surface area contributed by atoms with Crippen LogP contribution in [0, 0.1) is 12.7 Å². The Labute approximate surface area is 188 Å². The second-order valence-electron chi connectivity index (χ2n) is 7.48. The summed E-state index contributed by atoms with van der Waals surface area (Å²) < 4.78 is 51.6. The van der Waals surface area contributed by atoms with Crippen LogP contribution in [-0.2, 0) is 14.4 Å². The number of hydroxylamine groups is 3. The first-order valence-electron chi connectivity index (χ1n) is 10.4. The van der Waals surface area contributed by atoms with Crippen molar-refractivity contribution < 1.29 is 42.3 Å². The molecule has 2 rings (SSSR count). The van der Waals surface area contributed by atoms with E-state index in [0.29, 0.717) is 10.6 Å². The quantitative estimate of drug-likeness (QED) is 0.344. The molecule has 0 spiro atoms. The summed E-state index contributed by atoms with van der Waals surface area (Å²) in [6.45, 7) is 0.859. The van der Waals surface area contributed by atoms with Crippen LogP contribution in [0.15, 0.2) is 12.1 Å². The van der Waals surface area contributed by atoms with Gasteiger partial charge in [-0.25, -0.2) is 9.45 Å². The number of aliphatic hydroxyl groups is 1. The lowest BCUT2D eigenvalue weighted by atomic mass is 10.1. The van der Waals surface area contributed by atoms with Gasteiger partial charge in [0, 0.05) is 32.1 Å². The van der Waals surface area contributed by atoms with Crippen LogP contribution >= 0.6 is 0 Å². The topological polar surface area (TPSA) is 106 Å². The fourth-order valence-electron chi connectivity index (χ4n) is 3.35. The van der Waals surface area contributed by atoms with E-state index in [4.69, 9.17) is 4.84 Å². The van der Waals surface area contributed by atoms with Gasteiger partial charge in [0.05, 0.1) is 43.8 Å². The van der Waals surface area contributed by atoms with Crippen molar-refractivity contribution in [2.45, 2.75) is 32.3 Å². The number of nitrogens with one attached hydrogen (secondary N) is 1. The van der Waals surface area contributed by atoms with Gasteiger partial charge in [-0.15, -0.1) is 0 Å². The number of aryl methyl sites for hydroxylation is 1. The molecule has 0 saturated carbocycles. The first-order chi connectivity index (χ1) is 15.6. The molecule has 186 valence electrons. The Balaban J connectivity index is 2.01. The number of hydrogen-bond acceptors (Lipinski definition) is 7. The van der Waals surface area contributed by atoms with Crippen LogP contribution in [0.5, 0.6) is 0 Å². The molecule has 1 atom stereocenters. The number of nitrogens with zero attached hydrogens (tertiary/aromatic N) is 3. The van der Waals surface area contributed by atoms with Crippen molar-refractivity contribution in [2.75, 3.05) is 56.0 Å². The number of anilines is 2. The van der Waals surface area contributed by atoms with E-state index in [-0.39, 0.29) is 56.4 Å². The van der Waals surface area contributed by atoms with Crippen LogP contribution < -0.4 is 15.3 Å². The fourth-order valence-corrected chi connectivity index (χ4v) is 3.35. The summed E-state index contributed by atoms with van der Waals surface area (Å²) >= 11 is 0. The summed E-state index contributed by atoms with van der Waals surface area (Å²) in [5.74, 6) is -2.56. The molecule has 3 N–H and O–H groups in total. The van der Waals surface area contributed by atoms with Crippen molar-refractivity contribution in [1.29, 1.82) is 0 Å². The Hall–Kier alpha value is -2.64. The van der Waals surface area contributed by atoms with Gasteiger partial charge in [0.1, 0.15) is 5.82 Å². The highest BCUT2D eigenvalue weighted by molar-refractivity contribution is 5.79. The monoisotopic (exact) mass is 480 g/mol. The third-order valence-electron chi connectivity index (χ3n) is 4.93. The lowest BCUT2D eigenvalue weighted by Crippen LogP contribution is -2.41. The van der Waals surface area contributed by atoms with Crippen LogP contribution in [-0.4, -0.2) is 85.7 Å². The van der Waals surface area contributed by atoms with Gasteiger partial charge < -0.3 is 15.3 Å². The molecule has 2 amide bonds. The lowest BCUT2D eigenvalue weighted by molar-refractivity contribution is -0.182. The molecule has 0 aliphatic carbocycles. The molecule has 1 heterocycles. The number of benzene rings is 1. The van der Waals surface area contributed by atoms with Gasteiger partial charge in [-0.2, -0.15) is 8.78 Å². The van der Waals surface area contributed by atoms with Gasteiger partial charge in [-0.3, -0.25) is 29.1 Å². The Morgan fingerprint density at radius 3 is 2.64 bits per heavy atom. The van der Waals surface area contributed by atoms with Crippen molar-refractivity contribution in [3.63, 3.8) is 0 Å². The number of amides is 2. The summed E-state index contributed by atoms with van der Waals surface area (Å²) in [7, 11) is 0. The maximum atomic E-state index is 14.9. The molecule has 1 aromatic rings. The van der Waals surface area contributed by atoms with Crippen molar-refractivity contribution in [3.05, 3.63) is 23.5 Å². The van der Waals surface area contributed by atoms with E-state index >= 15 is 0 Å². The zero-order chi connectivity index (χ0) is 24.5. The molecule has 1 fully saturated rings. The van der Waals surface area contributed by atoms with Gasteiger partial charge in [0.25, 0.3) is 5.91 Å². The highest BCUT2D eigenvalue weighted by Crippen LogP contribution is 2.30. The molecule has 1 aliphatic rings. The first kappa shape index (κ1) is 26.6. The SMILES string of the molecule is Cc1cc(N(O)C[C@@H](O)CNC(=O)C(F)F)cc(F)c1N1CCON(C(=O)CCCF)CC1. The van der Waals surface area contributed by atoms with Crippen molar-refractivity contribution >= 4 is 23.2 Å². The van der Waals surface area contributed by atoms with Crippen molar-refractivity contribution in [2.24, 2.45) is 0 Å². The van der Waals surface area contributed by atoms with Crippen LogP contribution in [0.1, 0.15) is 18.4 Å². The average molecular weight is 480 g/mol. The molecule has 1 saturated heterocycles. The molecule has 33 heavy (non-hydrogen) atoms. The molecule has 0 aromatic heterocycles. The molecular formula is C20H28F4N4O5. The molecule has 0 radical (unpaired) electrons. The molecule has 1 aromatic carbocycles. The Kier molecular flexibility index (Phi) is 10.1. The molecule has 0 bridgehead atoms. The largest absolute Gasteiger partial charge is 0.389 e. The second-order valence-corrected chi connectivity index (χ2v) is 7.48. The molecule has 1 aliphatic heterocycles. The van der Waals surface area contributed by atoms with Gasteiger partial charge in [-0.05, 0) is 25.0 Å². The summed E-state index contributed by atoms with van der Waals surface area (Å²) in [6, 6.07) is 2.52. The van der Waals surface area contributed by atoms with E-state index in [1.807, 2.05) is 5.32 Å². The first-order valence-corrected chi connectivity index (χ1v) is 10.4. The van der Waals surface area contributed by atoms with E-state index in [0.717, 1.165) is 11.1 Å². The molecular weight excluding hydrogens is 452 g/mol. The minimum absolute atomic E-state index is 0.0158. The molecule has 9 nitrogen and oxygen atoms in total.